The average molecular weight is 340 g/mol. The summed E-state index contributed by atoms with van der Waals surface area (Å²) < 4.78 is 16.0. The number of hydrogen-bond donors (Lipinski definition) is 1. The molecule has 4 nitrogen and oxygen atoms in total. The molecule has 116 valence electrons. The minimum absolute atomic E-state index is 0.0489. The third-order valence-electron chi connectivity index (χ3n) is 3.53. The maximum Gasteiger partial charge on any atom is 0.271 e. The summed E-state index contributed by atoms with van der Waals surface area (Å²) in [7, 11) is 0. The molecule has 0 radical (unpaired) electrons. The molecule has 7 heteroatoms. The molecule has 2 aromatic rings. The molecule has 0 fully saturated rings. The number of aliphatic imine (C=N–C) groups is 1. The number of nitrogens with zero attached hydrogens (tertiary/aromatic N) is 2. The van der Waals surface area contributed by atoms with Gasteiger partial charge < -0.3 is 0 Å². The molecule has 3 rings (SSSR count). The van der Waals surface area contributed by atoms with E-state index in [0.717, 1.165) is 5.04 Å². The topological polar surface area (TPSA) is 50.1 Å². The lowest BCUT2D eigenvalue weighted by Gasteiger charge is -2.22. The van der Waals surface area contributed by atoms with Crippen LogP contribution in [0.3, 0.4) is 0 Å². The van der Waals surface area contributed by atoms with Gasteiger partial charge in [-0.15, -0.1) is 0 Å². The Morgan fingerprint density at radius 1 is 1.41 bits per heavy atom. The summed E-state index contributed by atoms with van der Waals surface area (Å²) in [5, 5.41) is 3.38. The molecular formula is C15H15ClFN3OS. The molecule has 2 heterocycles. The zero-order valence-electron chi connectivity index (χ0n) is 12.4. The van der Waals surface area contributed by atoms with E-state index in [1.807, 2.05) is 20.8 Å². The van der Waals surface area contributed by atoms with Gasteiger partial charge >= 0.3 is 0 Å². The second-order valence-corrected chi connectivity index (χ2v) is 7.11. The lowest BCUT2D eigenvalue weighted by atomic mass is 10.1. The highest BCUT2D eigenvalue weighted by molar-refractivity contribution is 8.14. The van der Waals surface area contributed by atoms with Crippen LogP contribution < -0.4 is 5.56 Å². The Labute approximate surface area is 136 Å². The summed E-state index contributed by atoms with van der Waals surface area (Å²) in [6.07, 6.45) is 0. The van der Waals surface area contributed by atoms with E-state index in [9.17, 15) is 9.18 Å². The first-order valence-corrected chi connectivity index (χ1v) is 8.16. The van der Waals surface area contributed by atoms with Gasteiger partial charge in [0.1, 0.15) is 5.82 Å². The number of thioether (sulfide) groups is 1. The first-order chi connectivity index (χ1) is 10.4. The first kappa shape index (κ1) is 15.4. The summed E-state index contributed by atoms with van der Waals surface area (Å²) in [4.78, 5) is 16.8. The quantitative estimate of drug-likeness (QED) is 0.879. The van der Waals surface area contributed by atoms with Crippen LogP contribution in [0.15, 0.2) is 28.0 Å². The SMILES string of the molecule is CC1=Nc2c(c(=O)[nH]n2C(C)C)C(c2c(F)cccc2Cl)S1. The van der Waals surface area contributed by atoms with Crippen LogP contribution in [0.5, 0.6) is 0 Å². The minimum atomic E-state index is -0.495. The van der Waals surface area contributed by atoms with E-state index < -0.39 is 11.1 Å². The van der Waals surface area contributed by atoms with E-state index in [1.165, 1.54) is 17.8 Å². The van der Waals surface area contributed by atoms with Crippen molar-refractivity contribution in [3.8, 4) is 0 Å². The predicted molar refractivity (Wildman–Crippen MR) is 89.1 cm³/mol. The monoisotopic (exact) mass is 339 g/mol. The Bertz CT molecular complexity index is 804. The van der Waals surface area contributed by atoms with Gasteiger partial charge in [0.15, 0.2) is 5.82 Å². The standard InChI is InChI=1S/C15H15ClFN3OS/c1-7(2)20-14-12(15(21)19-20)13(22-8(3)18-14)11-9(16)5-4-6-10(11)17/h4-7,13H,1-3H3,(H,19,21). The molecule has 22 heavy (non-hydrogen) atoms. The van der Waals surface area contributed by atoms with Crippen LogP contribution in [-0.2, 0) is 0 Å². The van der Waals surface area contributed by atoms with E-state index >= 15 is 0 Å². The molecule has 1 aliphatic heterocycles. The summed E-state index contributed by atoms with van der Waals surface area (Å²) in [6, 6.07) is 4.60. The number of rotatable bonds is 2. The normalized spacial score (nSPS) is 17.5. The molecule has 0 saturated carbocycles. The highest BCUT2D eigenvalue weighted by Crippen LogP contribution is 2.46. The van der Waals surface area contributed by atoms with Crippen LogP contribution in [-0.4, -0.2) is 14.8 Å². The lowest BCUT2D eigenvalue weighted by Crippen LogP contribution is -2.15. The number of nitrogens with one attached hydrogen (secondary N) is 1. The number of fused-ring (bicyclic) bond motifs is 1. The van der Waals surface area contributed by atoms with Gasteiger partial charge in [0.05, 0.1) is 15.9 Å². The smallest absolute Gasteiger partial charge is 0.268 e. The van der Waals surface area contributed by atoms with E-state index in [1.54, 1.807) is 16.8 Å². The Balaban J connectivity index is 2.27. The minimum Gasteiger partial charge on any atom is -0.268 e. The maximum absolute atomic E-state index is 14.3. The fourth-order valence-corrected chi connectivity index (χ4v) is 4.05. The predicted octanol–water partition coefficient (Wildman–Crippen LogP) is 4.44. The van der Waals surface area contributed by atoms with E-state index in [0.29, 0.717) is 22.0 Å². The number of aromatic amines is 1. The Kier molecular flexibility index (Phi) is 3.91. The second kappa shape index (κ2) is 5.59. The average Bonchev–Trinajstić information content (AvgIpc) is 2.75. The molecule has 0 bridgehead atoms. The van der Waals surface area contributed by atoms with E-state index in [2.05, 4.69) is 10.1 Å². The molecule has 0 spiro atoms. The largest absolute Gasteiger partial charge is 0.271 e. The van der Waals surface area contributed by atoms with E-state index in [-0.39, 0.29) is 11.6 Å². The van der Waals surface area contributed by atoms with Crippen molar-refractivity contribution < 1.29 is 4.39 Å². The first-order valence-electron chi connectivity index (χ1n) is 6.90. The van der Waals surface area contributed by atoms with Gasteiger partial charge in [0.25, 0.3) is 5.56 Å². The van der Waals surface area contributed by atoms with Crippen LogP contribution in [0.25, 0.3) is 0 Å². The molecule has 0 aliphatic carbocycles. The number of benzene rings is 1. The fraction of sp³-hybridized carbons (Fsp3) is 0.333. The van der Waals surface area contributed by atoms with Crippen molar-refractivity contribution in [3.63, 3.8) is 0 Å². The molecule has 1 aromatic carbocycles. The molecule has 1 aliphatic rings. The second-order valence-electron chi connectivity index (χ2n) is 5.41. The van der Waals surface area contributed by atoms with Gasteiger partial charge in [-0.1, -0.05) is 29.4 Å². The van der Waals surface area contributed by atoms with Gasteiger partial charge in [-0.3, -0.25) is 14.6 Å². The number of halogens is 2. The molecule has 1 atom stereocenters. The van der Waals surface area contributed by atoms with Crippen molar-refractivity contribution >= 4 is 34.2 Å². The molecule has 1 N–H and O–H groups in total. The zero-order valence-corrected chi connectivity index (χ0v) is 13.9. The number of hydrogen-bond acceptors (Lipinski definition) is 3. The lowest BCUT2D eigenvalue weighted by molar-refractivity contribution is 0.533. The van der Waals surface area contributed by atoms with Gasteiger partial charge in [-0.2, -0.15) is 0 Å². The van der Waals surface area contributed by atoms with Gasteiger partial charge in [0, 0.05) is 16.6 Å². The molecule has 0 saturated heterocycles. The molecular weight excluding hydrogens is 325 g/mol. The van der Waals surface area contributed by atoms with Crippen molar-refractivity contribution in [2.24, 2.45) is 4.99 Å². The third-order valence-corrected chi connectivity index (χ3v) is 5.00. The van der Waals surface area contributed by atoms with Crippen LogP contribution in [0.1, 0.15) is 43.2 Å². The summed E-state index contributed by atoms with van der Waals surface area (Å²) in [5.74, 6) is 0.142. The highest BCUT2D eigenvalue weighted by atomic mass is 35.5. The van der Waals surface area contributed by atoms with Gasteiger partial charge in [-0.25, -0.2) is 9.38 Å². The third kappa shape index (κ3) is 2.40. The Morgan fingerprint density at radius 2 is 2.14 bits per heavy atom. The van der Waals surface area contributed by atoms with Crippen molar-refractivity contribution in [1.29, 1.82) is 0 Å². The van der Waals surface area contributed by atoms with Crippen LogP contribution in [0.4, 0.5) is 10.2 Å². The van der Waals surface area contributed by atoms with Crippen molar-refractivity contribution in [2.75, 3.05) is 0 Å². The van der Waals surface area contributed by atoms with Crippen LogP contribution >= 0.6 is 23.4 Å². The molecule has 1 unspecified atom stereocenters. The van der Waals surface area contributed by atoms with Gasteiger partial charge in [-0.05, 0) is 32.9 Å². The number of H-pyrrole nitrogens is 1. The van der Waals surface area contributed by atoms with Crippen molar-refractivity contribution in [2.45, 2.75) is 32.1 Å². The van der Waals surface area contributed by atoms with Gasteiger partial charge in [0.2, 0.25) is 0 Å². The zero-order chi connectivity index (χ0) is 16.0. The number of aromatic nitrogens is 2. The fourth-order valence-electron chi connectivity index (χ4n) is 2.55. The van der Waals surface area contributed by atoms with Crippen molar-refractivity contribution in [3.05, 3.63) is 50.5 Å². The summed E-state index contributed by atoms with van der Waals surface area (Å²) in [5.41, 5.74) is 0.532. The maximum atomic E-state index is 14.3. The van der Waals surface area contributed by atoms with E-state index in [4.69, 9.17) is 11.6 Å². The Morgan fingerprint density at radius 3 is 2.77 bits per heavy atom. The highest BCUT2D eigenvalue weighted by Gasteiger charge is 2.33. The summed E-state index contributed by atoms with van der Waals surface area (Å²) >= 11 is 7.53. The molecule has 0 amide bonds. The Hall–Kier alpha value is -1.53. The van der Waals surface area contributed by atoms with Crippen LogP contribution in [0, 0.1) is 5.82 Å². The molecule has 1 aromatic heterocycles. The summed E-state index contributed by atoms with van der Waals surface area (Å²) in [6.45, 7) is 5.75. The van der Waals surface area contributed by atoms with Crippen LogP contribution in [0.2, 0.25) is 5.02 Å². The van der Waals surface area contributed by atoms with Crippen molar-refractivity contribution in [1.82, 2.24) is 9.78 Å².